The molecule has 6 nitrogen and oxygen atoms in total. The number of rotatable bonds is 6. The molecule has 1 N–H and O–H groups in total. The fourth-order valence-electron chi connectivity index (χ4n) is 4.23. The molecule has 0 atom stereocenters. The molecule has 2 aromatic carbocycles. The molecule has 2 aliphatic rings. The molecule has 0 aliphatic carbocycles. The van der Waals surface area contributed by atoms with Crippen LogP contribution in [0.4, 0.5) is 5.69 Å². The van der Waals surface area contributed by atoms with E-state index in [2.05, 4.69) is 10.2 Å². The summed E-state index contributed by atoms with van der Waals surface area (Å²) in [5.74, 6) is -0.0317. The van der Waals surface area contributed by atoms with Crippen LogP contribution in [0.25, 0.3) is 0 Å². The monoisotopic (exact) mass is 461 g/mol. The third-order valence-corrected chi connectivity index (χ3v) is 8.27. The van der Waals surface area contributed by atoms with Gasteiger partial charge in [-0.1, -0.05) is 23.7 Å². The van der Waals surface area contributed by atoms with E-state index in [-0.39, 0.29) is 16.7 Å². The summed E-state index contributed by atoms with van der Waals surface area (Å²) in [5, 5.41) is 3.69. The fourth-order valence-corrected chi connectivity index (χ4v) is 5.88. The van der Waals surface area contributed by atoms with Gasteiger partial charge in [0.15, 0.2) is 0 Å². The van der Waals surface area contributed by atoms with Crippen LogP contribution in [0, 0.1) is 5.92 Å². The van der Waals surface area contributed by atoms with E-state index in [0.717, 1.165) is 50.3 Å². The highest BCUT2D eigenvalue weighted by atomic mass is 35.5. The van der Waals surface area contributed by atoms with Gasteiger partial charge in [-0.25, -0.2) is 8.42 Å². The van der Waals surface area contributed by atoms with Crippen LogP contribution in [0.15, 0.2) is 53.4 Å². The first kappa shape index (κ1) is 22.3. The molecule has 31 heavy (non-hydrogen) atoms. The lowest BCUT2D eigenvalue weighted by molar-refractivity contribution is -0.121. The highest BCUT2D eigenvalue weighted by molar-refractivity contribution is 7.89. The molecule has 166 valence electrons. The van der Waals surface area contributed by atoms with Crippen molar-refractivity contribution in [3.05, 3.63) is 59.1 Å². The summed E-state index contributed by atoms with van der Waals surface area (Å²) in [4.78, 5) is 15.3. The van der Waals surface area contributed by atoms with Crippen molar-refractivity contribution < 1.29 is 13.2 Å². The zero-order valence-corrected chi connectivity index (χ0v) is 19.0. The topological polar surface area (TPSA) is 69.7 Å². The van der Waals surface area contributed by atoms with Gasteiger partial charge in [-0.05, 0) is 80.7 Å². The molecule has 2 heterocycles. The molecule has 1 amide bonds. The number of nitrogens with one attached hydrogen (secondary N) is 1. The molecule has 0 saturated carbocycles. The first-order valence-electron chi connectivity index (χ1n) is 10.8. The van der Waals surface area contributed by atoms with E-state index in [0.29, 0.717) is 18.8 Å². The Morgan fingerprint density at radius 1 is 0.935 bits per heavy atom. The van der Waals surface area contributed by atoms with Gasteiger partial charge < -0.3 is 5.32 Å². The van der Waals surface area contributed by atoms with Crippen LogP contribution < -0.4 is 5.32 Å². The summed E-state index contributed by atoms with van der Waals surface area (Å²) in [7, 11) is -3.43. The zero-order valence-electron chi connectivity index (χ0n) is 17.5. The SMILES string of the molecule is O=C(Nc1ccc(S(=O)(=O)N2CCCC2)cc1)C1CCN(Cc2ccc(Cl)cc2)CC1. The van der Waals surface area contributed by atoms with Crippen LogP contribution in [0.5, 0.6) is 0 Å². The molecule has 0 aromatic heterocycles. The van der Waals surface area contributed by atoms with Crippen LogP contribution in [0.3, 0.4) is 0 Å². The maximum absolute atomic E-state index is 12.7. The van der Waals surface area contributed by atoms with Gasteiger partial charge >= 0.3 is 0 Å². The highest BCUT2D eigenvalue weighted by Gasteiger charge is 2.28. The summed E-state index contributed by atoms with van der Waals surface area (Å²) in [5.41, 5.74) is 1.85. The van der Waals surface area contributed by atoms with Crippen molar-refractivity contribution in [2.24, 2.45) is 5.92 Å². The number of anilines is 1. The van der Waals surface area contributed by atoms with Crippen LogP contribution in [-0.4, -0.2) is 49.7 Å². The van der Waals surface area contributed by atoms with Gasteiger partial charge in [-0.3, -0.25) is 9.69 Å². The van der Waals surface area contributed by atoms with Crippen molar-refractivity contribution >= 4 is 33.2 Å². The fraction of sp³-hybridized carbons (Fsp3) is 0.435. The number of piperidine rings is 1. The Morgan fingerprint density at radius 3 is 2.16 bits per heavy atom. The average molecular weight is 462 g/mol. The minimum absolute atomic E-state index is 0.00120. The number of halogens is 1. The molecule has 0 unspecified atom stereocenters. The Labute approximate surface area is 189 Å². The minimum Gasteiger partial charge on any atom is -0.326 e. The lowest BCUT2D eigenvalue weighted by Crippen LogP contribution is -2.37. The molecule has 0 radical (unpaired) electrons. The predicted octanol–water partition coefficient (Wildman–Crippen LogP) is 3.98. The number of amides is 1. The molecule has 2 fully saturated rings. The molecule has 0 bridgehead atoms. The molecule has 2 aliphatic heterocycles. The quantitative estimate of drug-likeness (QED) is 0.706. The van der Waals surface area contributed by atoms with E-state index in [1.165, 1.54) is 9.87 Å². The van der Waals surface area contributed by atoms with Crippen molar-refractivity contribution in [2.45, 2.75) is 37.1 Å². The summed E-state index contributed by atoms with van der Waals surface area (Å²) in [6, 6.07) is 14.4. The van der Waals surface area contributed by atoms with E-state index < -0.39 is 10.0 Å². The van der Waals surface area contributed by atoms with Gasteiger partial charge in [-0.2, -0.15) is 4.31 Å². The number of hydrogen-bond acceptors (Lipinski definition) is 4. The zero-order chi connectivity index (χ0) is 21.8. The number of nitrogens with zero attached hydrogens (tertiary/aromatic N) is 2. The van der Waals surface area contributed by atoms with Gasteiger partial charge in [0.2, 0.25) is 15.9 Å². The van der Waals surface area contributed by atoms with Crippen LogP contribution in [0.2, 0.25) is 5.02 Å². The summed E-state index contributed by atoms with van der Waals surface area (Å²) < 4.78 is 26.8. The smallest absolute Gasteiger partial charge is 0.243 e. The first-order valence-corrected chi connectivity index (χ1v) is 12.6. The summed E-state index contributed by atoms with van der Waals surface area (Å²) >= 11 is 5.95. The van der Waals surface area contributed by atoms with Gasteiger partial charge in [-0.15, -0.1) is 0 Å². The standard InChI is InChI=1S/C23H28ClN3O3S/c24-20-5-3-18(4-6-20)17-26-15-11-19(12-16-26)23(28)25-21-7-9-22(10-8-21)31(29,30)27-13-1-2-14-27/h3-10,19H,1-2,11-17H2,(H,25,28). The van der Waals surface area contributed by atoms with E-state index in [1.807, 2.05) is 24.3 Å². The number of sulfonamides is 1. The lowest BCUT2D eigenvalue weighted by atomic mass is 9.95. The van der Waals surface area contributed by atoms with Crippen LogP contribution >= 0.6 is 11.6 Å². The molecule has 4 rings (SSSR count). The van der Waals surface area contributed by atoms with Crippen LogP contribution in [0.1, 0.15) is 31.2 Å². The van der Waals surface area contributed by atoms with Gasteiger partial charge in [0.25, 0.3) is 0 Å². The molecule has 8 heteroatoms. The third-order valence-electron chi connectivity index (χ3n) is 6.10. The van der Waals surface area contributed by atoms with E-state index in [1.54, 1.807) is 24.3 Å². The Hall–Kier alpha value is -1.93. The Kier molecular flexibility index (Phi) is 6.96. The molecule has 2 aromatic rings. The number of carbonyl (C=O) groups is 1. The minimum atomic E-state index is -3.43. The normalized spacial score (nSPS) is 18.9. The average Bonchev–Trinajstić information content (AvgIpc) is 3.32. The number of hydrogen-bond donors (Lipinski definition) is 1. The molecular weight excluding hydrogens is 434 g/mol. The van der Waals surface area contributed by atoms with Crippen molar-refractivity contribution in [1.29, 1.82) is 0 Å². The Morgan fingerprint density at radius 2 is 1.55 bits per heavy atom. The number of carbonyl (C=O) groups excluding carboxylic acids is 1. The molecule has 2 saturated heterocycles. The molecular formula is C23H28ClN3O3S. The van der Waals surface area contributed by atoms with Gasteiger partial charge in [0, 0.05) is 36.3 Å². The van der Waals surface area contributed by atoms with E-state index in [9.17, 15) is 13.2 Å². The second-order valence-electron chi connectivity index (χ2n) is 8.30. The maximum atomic E-state index is 12.7. The third kappa shape index (κ3) is 5.47. The van der Waals surface area contributed by atoms with Crippen molar-refractivity contribution in [2.75, 3.05) is 31.5 Å². The number of likely N-dealkylation sites (tertiary alicyclic amines) is 1. The first-order chi connectivity index (χ1) is 14.9. The summed E-state index contributed by atoms with van der Waals surface area (Å²) in [6.45, 7) is 3.76. The largest absolute Gasteiger partial charge is 0.326 e. The Bertz CT molecular complexity index is 995. The van der Waals surface area contributed by atoms with E-state index in [4.69, 9.17) is 11.6 Å². The van der Waals surface area contributed by atoms with Gasteiger partial charge in [0.05, 0.1) is 4.90 Å². The number of benzene rings is 2. The second-order valence-corrected chi connectivity index (χ2v) is 10.7. The van der Waals surface area contributed by atoms with Crippen molar-refractivity contribution in [3.63, 3.8) is 0 Å². The lowest BCUT2D eigenvalue weighted by Gasteiger charge is -2.31. The molecule has 0 spiro atoms. The highest BCUT2D eigenvalue weighted by Crippen LogP contribution is 2.24. The predicted molar refractivity (Wildman–Crippen MR) is 123 cm³/mol. The second kappa shape index (κ2) is 9.69. The summed E-state index contributed by atoms with van der Waals surface area (Å²) in [6.07, 6.45) is 3.43. The van der Waals surface area contributed by atoms with Crippen molar-refractivity contribution in [3.8, 4) is 0 Å². The van der Waals surface area contributed by atoms with E-state index >= 15 is 0 Å². The van der Waals surface area contributed by atoms with Gasteiger partial charge in [0.1, 0.15) is 0 Å². The Balaban J connectivity index is 1.28. The van der Waals surface area contributed by atoms with Crippen LogP contribution in [-0.2, 0) is 21.4 Å². The van der Waals surface area contributed by atoms with Crippen molar-refractivity contribution in [1.82, 2.24) is 9.21 Å². The maximum Gasteiger partial charge on any atom is 0.243 e.